The van der Waals surface area contributed by atoms with E-state index in [2.05, 4.69) is 38.0 Å². The normalized spacial score (nSPS) is 26.7. The molecule has 3 N–H and O–H groups in total. The van der Waals surface area contributed by atoms with Crippen molar-refractivity contribution in [2.75, 3.05) is 0 Å². The molecule has 1 aliphatic carbocycles. The van der Waals surface area contributed by atoms with Crippen LogP contribution in [0.2, 0.25) is 0 Å². The summed E-state index contributed by atoms with van der Waals surface area (Å²) in [6.07, 6.45) is 5.05. The van der Waals surface area contributed by atoms with E-state index in [9.17, 15) is 0 Å². The van der Waals surface area contributed by atoms with Gasteiger partial charge in [0.1, 0.15) is 0 Å². The Bertz CT molecular complexity index is 231. The van der Waals surface area contributed by atoms with Crippen LogP contribution >= 0.6 is 0 Å². The molecule has 1 unspecified atom stereocenters. The van der Waals surface area contributed by atoms with E-state index in [0.29, 0.717) is 23.5 Å². The fourth-order valence-electron chi connectivity index (χ4n) is 2.22. The fraction of sp³-hybridized carbons (Fsp3) is 0.917. The van der Waals surface area contributed by atoms with Gasteiger partial charge in [-0.3, -0.25) is 0 Å². The fourth-order valence-corrected chi connectivity index (χ4v) is 2.22. The van der Waals surface area contributed by atoms with Crippen molar-refractivity contribution in [3.63, 3.8) is 0 Å². The molecule has 1 saturated carbocycles. The Labute approximate surface area is 93.5 Å². The molecule has 3 nitrogen and oxygen atoms in total. The van der Waals surface area contributed by atoms with E-state index in [1.165, 1.54) is 25.7 Å². The highest BCUT2D eigenvalue weighted by Crippen LogP contribution is 2.37. The van der Waals surface area contributed by atoms with E-state index in [-0.39, 0.29) is 0 Å². The number of guanidine groups is 1. The van der Waals surface area contributed by atoms with Crippen LogP contribution in [-0.4, -0.2) is 18.0 Å². The Balaban J connectivity index is 2.61. The minimum atomic E-state index is 0.307. The zero-order chi connectivity index (χ0) is 11.5. The van der Waals surface area contributed by atoms with Gasteiger partial charge in [-0.2, -0.15) is 0 Å². The molecule has 1 rings (SSSR count). The number of rotatable bonds is 2. The van der Waals surface area contributed by atoms with Crippen LogP contribution in [0.1, 0.15) is 53.4 Å². The number of nitrogens with zero attached hydrogens (tertiary/aromatic N) is 1. The van der Waals surface area contributed by atoms with Crippen LogP contribution in [-0.2, 0) is 0 Å². The zero-order valence-corrected chi connectivity index (χ0v) is 10.5. The van der Waals surface area contributed by atoms with Gasteiger partial charge in [-0.05, 0) is 32.1 Å². The smallest absolute Gasteiger partial charge is 0.189 e. The molecule has 1 fully saturated rings. The van der Waals surface area contributed by atoms with Crippen LogP contribution in [0.5, 0.6) is 0 Å². The van der Waals surface area contributed by atoms with Gasteiger partial charge in [0.25, 0.3) is 0 Å². The SMILES string of the molecule is CC(C)NC(N)=NC1CCCCC1(C)C. The van der Waals surface area contributed by atoms with Crippen molar-refractivity contribution in [3.8, 4) is 0 Å². The third-order valence-corrected chi connectivity index (χ3v) is 3.18. The van der Waals surface area contributed by atoms with Crippen LogP contribution in [0, 0.1) is 5.41 Å². The molecule has 0 radical (unpaired) electrons. The second-order valence-electron chi connectivity index (χ2n) is 5.56. The van der Waals surface area contributed by atoms with E-state index in [0.717, 1.165) is 0 Å². The first-order chi connectivity index (χ1) is 6.92. The van der Waals surface area contributed by atoms with E-state index in [1.807, 2.05) is 0 Å². The molecule has 0 bridgehead atoms. The lowest BCUT2D eigenvalue weighted by Crippen LogP contribution is -2.40. The largest absolute Gasteiger partial charge is 0.370 e. The van der Waals surface area contributed by atoms with Gasteiger partial charge < -0.3 is 11.1 Å². The quantitative estimate of drug-likeness (QED) is 0.544. The second kappa shape index (κ2) is 4.86. The molecule has 88 valence electrons. The molecule has 0 aromatic heterocycles. The molecule has 0 aromatic carbocycles. The van der Waals surface area contributed by atoms with Gasteiger partial charge in [0, 0.05) is 6.04 Å². The molecule has 3 heteroatoms. The summed E-state index contributed by atoms with van der Waals surface area (Å²) >= 11 is 0. The van der Waals surface area contributed by atoms with Gasteiger partial charge in [0.05, 0.1) is 6.04 Å². The lowest BCUT2D eigenvalue weighted by atomic mass is 9.73. The number of hydrogen-bond acceptors (Lipinski definition) is 1. The second-order valence-corrected chi connectivity index (χ2v) is 5.56. The Morgan fingerprint density at radius 2 is 2.07 bits per heavy atom. The summed E-state index contributed by atoms with van der Waals surface area (Å²) in [5.74, 6) is 0.602. The Morgan fingerprint density at radius 1 is 1.40 bits per heavy atom. The van der Waals surface area contributed by atoms with Crippen molar-refractivity contribution in [3.05, 3.63) is 0 Å². The van der Waals surface area contributed by atoms with E-state index in [4.69, 9.17) is 5.73 Å². The molecule has 0 amide bonds. The highest BCUT2D eigenvalue weighted by Gasteiger charge is 2.32. The standard InChI is InChI=1S/C12H25N3/c1-9(2)14-11(13)15-10-7-5-6-8-12(10,3)4/h9-10H,5-8H2,1-4H3,(H3,13,14,15). The molecule has 0 aliphatic heterocycles. The van der Waals surface area contributed by atoms with E-state index < -0.39 is 0 Å². The lowest BCUT2D eigenvalue weighted by molar-refractivity contribution is 0.203. The monoisotopic (exact) mass is 211 g/mol. The van der Waals surface area contributed by atoms with Crippen LogP contribution in [0.25, 0.3) is 0 Å². The minimum Gasteiger partial charge on any atom is -0.370 e. The van der Waals surface area contributed by atoms with E-state index in [1.54, 1.807) is 0 Å². The molecule has 15 heavy (non-hydrogen) atoms. The molecule has 1 atom stereocenters. The first kappa shape index (κ1) is 12.3. The highest BCUT2D eigenvalue weighted by molar-refractivity contribution is 5.78. The lowest BCUT2D eigenvalue weighted by Gasteiger charge is -2.36. The van der Waals surface area contributed by atoms with Gasteiger partial charge in [-0.25, -0.2) is 4.99 Å². The molecule has 0 aromatic rings. The average Bonchev–Trinajstić information content (AvgIpc) is 2.07. The van der Waals surface area contributed by atoms with Gasteiger partial charge in [0.15, 0.2) is 5.96 Å². The van der Waals surface area contributed by atoms with Crippen molar-refractivity contribution < 1.29 is 0 Å². The maximum Gasteiger partial charge on any atom is 0.189 e. The number of hydrogen-bond donors (Lipinski definition) is 2. The van der Waals surface area contributed by atoms with Crippen molar-refractivity contribution in [1.29, 1.82) is 0 Å². The maximum atomic E-state index is 5.87. The zero-order valence-electron chi connectivity index (χ0n) is 10.5. The molecular formula is C12H25N3. The summed E-state index contributed by atoms with van der Waals surface area (Å²) in [6.45, 7) is 8.74. The summed E-state index contributed by atoms with van der Waals surface area (Å²) in [7, 11) is 0. The Morgan fingerprint density at radius 3 is 2.60 bits per heavy atom. The van der Waals surface area contributed by atoms with Crippen LogP contribution in [0.15, 0.2) is 4.99 Å². The summed E-state index contributed by atoms with van der Waals surface area (Å²) < 4.78 is 0. The molecular weight excluding hydrogens is 186 g/mol. The number of nitrogens with one attached hydrogen (secondary N) is 1. The maximum absolute atomic E-state index is 5.87. The van der Waals surface area contributed by atoms with E-state index >= 15 is 0 Å². The minimum absolute atomic E-state index is 0.307. The van der Waals surface area contributed by atoms with Crippen molar-refractivity contribution >= 4 is 5.96 Å². The summed E-state index contributed by atoms with van der Waals surface area (Å²) in [5.41, 5.74) is 6.17. The van der Waals surface area contributed by atoms with Crippen molar-refractivity contribution in [2.45, 2.75) is 65.5 Å². The Kier molecular flexibility index (Phi) is 4.00. The first-order valence-corrected chi connectivity index (χ1v) is 6.01. The first-order valence-electron chi connectivity index (χ1n) is 6.01. The summed E-state index contributed by atoms with van der Waals surface area (Å²) in [4.78, 5) is 4.61. The van der Waals surface area contributed by atoms with Crippen molar-refractivity contribution in [2.24, 2.45) is 16.1 Å². The average molecular weight is 211 g/mol. The number of aliphatic imine (C=N–C) groups is 1. The molecule has 0 spiro atoms. The van der Waals surface area contributed by atoms with Gasteiger partial charge in [0.2, 0.25) is 0 Å². The molecule has 0 heterocycles. The van der Waals surface area contributed by atoms with Crippen LogP contribution in [0.4, 0.5) is 0 Å². The van der Waals surface area contributed by atoms with Crippen molar-refractivity contribution in [1.82, 2.24) is 5.32 Å². The van der Waals surface area contributed by atoms with Gasteiger partial charge >= 0.3 is 0 Å². The Hall–Kier alpha value is -0.730. The predicted molar refractivity (Wildman–Crippen MR) is 65.9 cm³/mol. The number of nitrogens with two attached hydrogens (primary N) is 1. The topological polar surface area (TPSA) is 50.4 Å². The van der Waals surface area contributed by atoms with Gasteiger partial charge in [-0.1, -0.05) is 26.7 Å². The van der Waals surface area contributed by atoms with Gasteiger partial charge in [-0.15, -0.1) is 0 Å². The van der Waals surface area contributed by atoms with Crippen LogP contribution < -0.4 is 11.1 Å². The summed E-state index contributed by atoms with van der Waals surface area (Å²) in [6, 6.07) is 0.748. The predicted octanol–water partition coefficient (Wildman–Crippen LogP) is 2.27. The third-order valence-electron chi connectivity index (χ3n) is 3.18. The molecule has 1 aliphatic rings. The van der Waals surface area contributed by atoms with Crippen LogP contribution in [0.3, 0.4) is 0 Å². The highest BCUT2D eigenvalue weighted by atomic mass is 15.1. The molecule has 0 saturated heterocycles. The summed E-state index contributed by atoms with van der Waals surface area (Å²) in [5, 5.41) is 3.16. The third kappa shape index (κ3) is 3.73.